The van der Waals surface area contributed by atoms with Crippen molar-refractivity contribution in [2.24, 2.45) is 5.10 Å². The second-order valence-corrected chi connectivity index (χ2v) is 4.01. The van der Waals surface area contributed by atoms with Crippen molar-refractivity contribution in [2.75, 3.05) is 5.43 Å². The van der Waals surface area contributed by atoms with Gasteiger partial charge in [0.2, 0.25) is 0 Å². The molecule has 1 aromatic heterocycles. The number of fused-ring (bicyclic) bond motifs is 1. The molecule has 0 aliphatic heterocycles. The van der Waals surface area contributed by atoms with Crippen molar-refractivity contribution >= 4 is 28.3 Å². The van der Waals surface area contributed by atoms with Crippen LogP contribution in [0.15, 0.2) is 35.6 Å². The first-order valence-corrected chi connectivity index (χ1v) is 5.98. The van der Waals surface area contributed by atoms with E-state index in [1.54, 1.807) is 6.20 Å². The van der Waals surface area contributed by atoms with Gasteiger partial charge in [-0.25, -0.2) is 4.79 Å². The first kappa shape index (κ1) is 12.9. The Morgan fingerprint density at radius 3 is 2.95 bits per heavy atom. The van der Waals surface area contributed by atoms with E-state index in [1.165, 1.54) is 0 Å². The molecule has 0 aliphatic rings. The van der Waals surface area contributed by atoms with Gasteiger partial charge in [0.05, 0.1) is 6.20 Å². The van der Waals surface area contributed by atoms with Gasteiger partial charge in [0, 0.05) is 10.8 Å². The minimum absolute atomic E-state index is 0.0808. The molecule has 0 aliphatic carbocycles. The van der Waals surface area contributed by atoms with Crippen molar-refractivity contribution in [2.45, 2.75) is 19.8 Å². The summed E-state index contributed by atoms with van der Waals surface area (Å²) < 4.78 is 0. The molecule has 0 amide bonds. The van der Waals surface area contributed by atoms with Gasteiger partial charge in [-0.2, -0.15) is 10.2 Å². The maximum Gasteiger partial charge on any atom is 0.352 e. The summed E-state index contributed by atoms with van der Waals surface area (Å²) in [5, 5.41) is 22.4. The van der Waals surface area contributed by atoms with Gasteiger partial charge in [-0.05, 0) is 6.42 Å². The van der Waals surface area contributed by atoms with Crippen LogP contribution in [-0.2, 0) is 4.79 Å². The molecule has 0 unspecified atom stereocenters. The highest BCUT2D eigenvalue weighted by molar-refractivity contribution is 6.35. The molecule has 6 nitrogen and oxygen atoms in total. The second-order valence-electron chi connectivity index (χ2n) is 4.01. The van der Waals surface area contributed by atoms with E-state index in [0.717, 1.165) is 10.8 Å². The third-order valence-electron chi connectivity index (χ3n) is 2.60. The van der Waals surface area contributed by atoms with Gasteiger partial charge in [0.25, 0.3) is 0 Å². The van der Waals surface area contributed by atoms with Crippen LogP contribution in [0.1, 0.15) is 19.8 Å². The van der Waals surface area contributed by atoms with E-state index >= 15 is 0 Å². The third-order valence-corrected chi connectivity index (χ3v) is 2.60. The SMILES string of the molecule is CCCC(=NNc1nncc2ccccc12)C(=O)O. The lowest BCUT2D eigenvalue weighted by Gasteiger charge is -2.04. The van der Waals surface area contributed by atoms with Gasteiger partial charge in [-0.3, -0.25) is 5.43 Å². The number of nitrogens with one attached hydrogen (secondary N) is 1. The van der Waals surface area contributed by atoms with Gasteiger partial charge >= 0.3 is 5.97 Å². The predicted molar refractivity (Wildman–Crippen MR) is 73.1 cm³/mol. The largest absolute Gasteiger partial charge is 0.477 e. The summed E-state index contributed by atoms with van der Waals surface area (Å²) >= 11 is 0. The fourth-order valence-electron chi connectivity index (χ4n) is 1.68. The molecule has 0 saturated heterocycles. The fraction of sp³-hybridized carbons (Fsp3) is 0.231. The highest BCUT2D eigenvalue weighted by Gasteiger charge is 2.09. The average molecular weight is 258 g/mol. The van der Waals surface area contributed by atoms with Gasteiger partial charge in [0.1, 0.15) is 5.71 Å². The van der Waals surface area contributed by atoms with E-state index in [4.69, 9.17) is 5.11 Å². The van der Waals surface area contributed by atoms with Crippen molar-refractivity contribution in [3.63, 3.8) is 0 Å². The number of benzene rings is 1. The van der Waals surface area contributed by atoms with Crippen LogP contribution in [0.3, 0.4) is 0 Å². The van der Waals surface area contributed by atoms with Crippen LogP contribution in [0.4, 0.5) is 5.82 Å². The van der Waals surface area contributed by atoms with Crippen molar-refractivity contribution in [3.05, 3.63) is 30.5 Å². The maximum atomic E-state index is 11.0. The van der Waals surface area contributed by atoms with E-state index < -0.39 is 5.97 Å². The number of anilines is 1. The first-order chi connectivity index (χ1) is 9.22. The van der Waals surface area contributed by atoms with E-state index in [9.17, 15) is 4.79 Å². The third kappa shape index (κ3) is 3.04. The summed E-state index contributed by atoms with van der Waals surface area (Å²) in [5.41, 5.74) is 2.77. The highest BCUT2D eigenvalue weighted by atomic mass is 16.4. The predicted octanol–water partition coefficient (Wildman–Crippen LogP) is 2.28. The molecular formula is C13H14N4O2. The number of carbonyl (C=O) groups is 1. The number of aromatic nitrogens is 2. The molecular weight excluding hydrogens is 244 g/mol. The van der Waals surface area contributed by atoms with Crippen LogP contribution in [-0.4, -0.2) is 27.0 Å². The van der Waals surface area contributed by atoms with Crippen LogP contribution in [0, 0.1) is 0 Å². The monoisotopic (exact) mass is 258 g/mol. The number of hydrogen-bond donors (Lipinski definition) is 2. The Bertz CT molecular complexity index is 620. The quantitative estimate of drug-likeness (QED) is 0.634. The number of carboxylic acids is 1. The van der Waals surface area contributed by atoms with Gasteiger partial charge in [-0.1, -0.05) is 37.6 Å². The Morgan fingerprint density at radius 2 is 2.21 bits per heavy atom. The lowest BCUT2D eigenvalue weighted by molar-refractivity contribution is -0.129. The number of hydrogen-bond acceptors (Lipinski definition) is 5. The topological polar surface area (TPSA) is 87.5 Å². The van der Waals surface area contributed by atoms with Crippen LogP contribution >= 0.6 is 0 Å². The Balaban J connectivity index is 2.30. The molecule has 0 spiro atoms. The zero-order valence-electron chi connectivity index (χ0n) is 10.5. The van der Waals surface area contributed by atoms with Crippen molar-refractivity contribution < 1.29 is 9.90 Å². The van der Waals surface area contributed by atoms with Crippen molar-refractivity contribution in [3.8, 4) is 0 Å². The van der Waals surface area contributed by atoms with Crippen LogP contribution < -0.4 is 5.43 Å². The number of nitrogens with zero attached hydrogens (tertiary/aromatic N) is 3. The molecule has 0 fully saturated rings. The molecule has 2 N–H and O–H groups in total. The fourth-order valence-corrected chi connectivity index (χ4v) is 1.68. The molecule has 0 saturated carbocycles. The summed E-state index contributed by atoms with van der Waals surface area (Å²) in [6, 6.07) is 7.56. The lowest BCUT2D eigenvalue weighted by atomic mass is 10.2. The number of carboxylic acid groups (broad SMARTS) is 1. The molecule has 1 aromatic carbocycles. The summed E-state index contributed by atoms with van der Waals surface area (Å²) in [5.74, 6) is -0.574. The molecule has 0 atom stereocenters. The zero-order chi connectivity index (χ0) is 13.7. The molecule has 98 valence electrons. The Kier molecular flexibility index (Phi) is 4.02. The standard InChI is InChI=1S/C13H14N4O2/c1-2-5-11(13(18)19)15-17-12-10-7-4-3-6-9(10)8-14-16-12/h3-4,6-8H,2,5H2,1H3,(H,16,17)(H,18,19). The second kappa shape index (κ2) is 5.90. The molecule has 0 bridgehead atoms. The normalized spacial score (nSPS) is 11.5. The summed E-state index contributed by atoms with van der Waals surface area (Å²) in [6.07, 6.45) is 2.77. The smallest absolute Gasteiger partial charge is 0.352 e. The van der Waals surface area contributed by atoms with E-state index in [0.29, 0.717) is 18.7 Å². The lowest BCUT2D eigenvalue weighted by Crippen LogP contribution is -2.14. The van der Waals surface area contributed by atoms with Crippen molar-refractivity contribution in [1.29, 1.82) is 0 Å². The van der Waals surface area contributed by atoms with Crippen LogP contribution in [0.25, 0.3) is 10.8 Å². The molecule has 2 aromatic rings. The van der Waals surface area contributed by atoms with E-state index in [2.05, 4.69) is 20.7 Å². The Hall–Kier alpha value is -2.50. The minimum atomic E-state index is -1.03. The summed E-state index contributed by atoms with van der Waals surface area (Å²) in [7, 11) is 0. The summed E-state index contributed by atoms with van der Waals surface area (Å²) in [6.45, 7) is 1.90. The molecule has 19 heavy (non-hydrogen) atoms. The zero-order valence-corrected chi connectivity index (χ0v) is 10.5. The van der Waals surface area contributed by atoms with Gasteiger partial charge in [-0.15, -0.1) is 5.10 Å². The Labute approximate surface area is 110 Å². The molecule has 2 rings (SSSR count). The summed E-state index contributed by atoms with van der Waals surface area (Å²) in [4.78, 5) is 11.0. The number of rotatable bonds is 5. The van der Waals surface area contributed by atoms with E-state index in [-0.39, 0.29) is 5.71 Å². The van der Waals surface area contributed by atoms with Crippen molar-refractivity contribution in [1.82, 2.24) is 10.2 Å². The molecule has 6 heteroatoms. The minimum Gasteiger partial charge on any atom is -0.477 e. The average Bonchev–Trinajstić information content (AvgIpc) is 2.43. The van der Waals surface area contributed by atoms with E-state index in [1.807, 2.05) is 31.2 Å². The van der Waals surface area contributed by atoms with Gasteiger partial charge in [0.15, 0.2) is 5.82 Å². The first-order valence-electron chi connectivity index (χ1n) is 5.98. The number of hydrazone groups is 1. The van der Waals surface area contributed by atoms with Gasteiger partial charge < -0.3 is 5.11 Å². The molecule has 0 radical (unpaired) electrons. The number of aliphatic carboxylic acids is 1. The Morgan fingerprint density at radius 1 is 1.42 bits per heavy atom. The van der Waals surface area contributed by atoms with Crippen LogP contribution in [0.5, 0.6) is 0 Å². The maximum absolute atomic E-state index is 11.0. The van der Waals surface area contributed by atoms with Crippen LogP contribution in [0.2, 0.25) is 0 Å². The molecule has 1 heterocycles. The highest BCUT2D eigenvalue weighted by Crippen LogP contribution is 2.19.